The highest BCUT2D eigenvalue weighted by Crippen LogP contribution is 2.44. The van der Waals surface area contributed by atoms with Gasteiger partial charge < -0.3 is 9.84 Å². The molecule has 0 aromatic heterocycles. The zero-order chi connectivity index (χ0) is 16.6. The number of aromatic hydroxyl groups is 1. The maximum Gasteiger partial charge on any atom is 0.161 e. The van der Waals surface area contributed by atoms with E-state index in [-0.39, 0.29) is 17.5 Å². The Hall–Kier alpha value is -2.61. The Balaban J connectivity index is 2.18. The van der Waals surface area contributed by atoms with Crippen LogP contribution >= 0.6 is 0 Å². The van der Waals surface area contributed by atoms with E-state index in [9.17, 15) is 15.2 Å². The van der Waals surface area contributed by atoms with E-state index in [2.05, 4.69) is 11.1 Å². The second-order valence-corrected chi connectivity index (χ2v) is 5.91. The number of Topliss-reactive ketones (excluding diaryl/α,β-unsaturated/α-hetero) is 1. The van der Waals surface area contributed by atoms with Crippen LogP contribution in [0.5, 0.6) is 11.5 Å². The molecule has 0 saturated heterocycles. The van der Waals surface area contributed by atoms with Crippen LogP contribution in [0.15, 0.2) is 34.5 Å². The van der Waals surface area contributed by atoms with Crippen molar-refractivity contribution in [3.8, 4) is 17.6 Å². The molecule has 5 heteroatoms. The molecular formula is C18H18N2O3. The first kappa shape index (κ1) is 15.3. The summed E-state index contributed by atoms with van der Waals surface area (Å²) in [5, 5.41) is 19.4. The monoisotopic (exact) mass is 310 g/mol. The van der Waals surface area contributed by atoms with E-state index >= 15 is 0 Å². The molecule has 5 nitrogen and oxygen atoms in total. The zero-order valence-electron chi connectivity index (χ0n) is 13.2. The van der Waals surface area contributed by atoms with Crippen molar-refractivity contribution in [2.75, 3.05) is 7.11 Å². The van der Waals surface area contributed by atoms with E-state index in [0.29, 0.717) is 17.7 Å². The minimum absolute atomic E-state index is 0.0372. The molecule has 0 fully saturated rings. The summed E-state index contributed by atoms with van der Waals surface area (Å²) in [5.74, 6) is -0.389. The summed E-state index contributed by atoms with van der Waals surface area (Å²) in [6, 6.07) is 7.28. The fourth-order valence-electron chi connectivity index (χ4n) is 3.42. The minimum Gasteiger partial charge on any atom is -0.504 e. The smallest absolute Gasteiger partial charge is 0.161 e. The summed E-state index contributed by atoms with van der Waals surface area (Å²) >= 11 is 0. The predicted octanol–water partition coefficient (Wildman–Crippen LogP) is 3.11. The molecule has 0 radical (unpaired) electrons. The number of allylic oxidation sites excluding steroid dienone is 2. The average Bonchev–Trinajstić information content (AvgIpc) is 2.54. The maximum atomic E-state index is 12.5. The van der Waals surface area contributed by atoms with E-state index in [1.807, 2.05) is 6.92 Å². The standard InChI is InChI=1S/C18H18N2O3/c1-10-12(9-19)17(11-6-7-14(21)16(8-11)23-2)18-13(20-10)4-3-5-15(18)22/h6-8,12,17,21H,3-5H2,1-2H3/t12?,17-/m1/s1. The highest BCUT2D eigenvalue weighted by atomic mass is 16.5. The van der Waals surface area contributed by atoms with Crippen LogP contribution in [0, 0.1) is 17.2 Å². The molecule has 1 aromatic rings. The Morgan fingerprint density at radius 3 is 2.87 bits per heavy atom. The van der Waals surface area contributed by atoms with Crippen LogP contribution in [0.3, 0.4) is 0 Å². The second kappa shape index (κ2) is 5.88. The van der Waals surface area contributed by atoms with Crippen LogP contribution in [0.2, 0.25) is 0 Å². The molecule has 1 N–H and O–H groups in total. The van der Waals surface area contributed by atoms with Crippen LogP contribution in [0.4, 0.5) is 0 Å². The number of hydrogen-bond acceptors (Lipinski definition) is 5. The topological polar surface area (TPSA) is 82.7 Å². The van der Waals surface area contributed by atoms with Crippen LogP contribution < -0.4 is 4.74 Å². The Kier molecular flexibility index (Phi) is 3.91. The average molecular weight is 310 g/mol. The van der Waals surface area contributed by atoms with Gasteiger partial charge in [0.15, 0.2) is 17.3 Å². The fourth-order valence-corrected chi connectivity index (χ4v) is 3.42. The third-order valence-electron chi connectivity index (χ3n) is 4.54. The molecule has 1 aliphatic heterocycles. The number of phenolic OH excluding ortho intramolecular Hbond substituents is 1. The number of nitrogens with zero attached hydrogens (tertiary/aromatic N) is 2. The lowest BCUT2D eigenvalue weighted by Crippen LogP contribution is -2.30. The first-order valence-electron chi connectivity index (χ1n) is 7.64. The van der Waals surface area contributed by atoms with Gasteiger partial charge in [0.2, 0.25) is 0 Å². The molecule has 0 saturated carbocycles. The molecule has 1 heterocycles. The highest BCUT2D eigenvalue weighted by Gasteiger charge is 2.39. The Labute approximate surface area is 134 Å². The molecule has 1 aromatic carbocycles. The third kappa shape index (κ3) is 2.50. The largest absolute Gasteiger partial charge is 0.504 e. The van der Waals surface area contributed by atoms with Gasteiger partial charge in [-0.3, -0.25) is 9.79 Å². The van der Waals surface area contributed by atoms with Crippen molar-refractivity contribution in [3.05, 3.63) is 35.0 Å². The number of benzene rings is 1. The lowest BCUT2D eigenvalue weighted by Gasteiger charge is -2.32. The third-order valence-corrected chi connectivity index (χ3v) is 4.54. The number of methoxy groups -OCH3 is 1. The van der Waals surface area contributed by atoms with Crippen LogP contribution in [-0.2, 0) is 4.79 Å². The van der Waals surface area contributed by atoms with Crippen molar-refractivity contribution < 1.29 is 14.6 Å². The van der Waals surface area contributed by atoms with Gasteiger partial charge in [-0.05, 0) is 37.5 Å². The van der Waals surface area contributed by atoms with Gasteiger partial charge in [0.05, 0.1) is 19.1 Å². The zero-order valence-corrected chi connectivity index (χ0v) is 13.2. The van der Waals surface area contributed by atoms with E-state index in [0.717, 1.165) is 29.8 Å². The van der Waals surface area contributed by atoms with Gasteiger partial charge in [-0.25, -0.2) is 0 Å². The molecule has 0 bridgehead atoms. The predicted molar refractivity (Wildman–Crippen MR) is 85.5 cm³/mol. The van der Waals surface area contributed by atoms with Crippen LogP contribution in [0.1, 0.15) is 37.7 Å². The molecule has 1 unspecified atom stereocenters. The highest BCUT2D eigenvalue weighted by molar-refractivity contribution is 6.02. The second-order valence-electron chi connectivity index (χ2n) is 5.91. The van der Waals surface area contributed by atoms with Crippen molar-refractivity contribution in [2.24, 2.45) is 10.9 Å². The van der Waals surface area contributed by atoms with E-state index in [4.69, 9.17) is 4.74 Å². The molecule has 2 aliphatic rings. The molecule has 0 spiro atoms. The van der Waals surface area contributed by atoms with Crippen molar-refractivity contribution >= 4 is 11.5 Å². The van der Waals surface area contributed by atoms with Crippen molar-refractivity contribution in [2.45, 2.75) is 32.1 Å². The van der Waals surface area contributed by atoms with Gasteiger partial charge in [0.25, 0.3) is 0 Å². The number of carbonyl (C=O) groups is 1. The number of nitriles is 1. The summed E-state index contributed by atoms with van der Waals surface area (Å²) in [4.78, 5) is 17.0. The minimum atomic E-state index is -0.481. The summed E-state index contributed by atoms with van der Waals surface area (Å²) in [7, 11) is 1.48. The first-order valence-corrected chi connectivity index (χ1v) is 7.64. The van der Waals surface area contributed by atoms with E-state index in [1.54, 1.807) is 12.1 Å². The Morgan fingerprint density at radius 2 is 2.17 bits per heavy atom. The van der Waals surface area contributed by atoms with Gasteiger partial charge in [-0.2, -0.15) is 5.26 Å². The maximum absolute atomic E-state index is 12.5. The van der Waals surface area contributed by atoms with Gasteiger partial charge in [0, 0.05) is 29.3 Å². The van der Waals surface area contributed by atoms with Crippen molar-refractivity contribution in [1.29, 1.82) is 5.26 Å². The molecule has 1 aliphatic carbocycles. The molecule has 118 valence electrons. The fraction of sp³-hybridized carbons (Fsp3) is 0.389. The van der Waals surface area contributed by atoms with Gasteiger partial charge >= 0.3 is 0 Å². The van der Waals surface area contributed by atoms with E-state index < -0.39 is 5.92 Å². The summed E-state index contributed by atoms with van der Waals surface area (Å²) in [5.41, 5.74) is 2.99. The normalized spacial score (nSPS) is 23.9. The molecule has 0 amide bonds. The van der Waals surface area contributed by atoms with Crippen molar-refractivity contribution in [1.82, 2.24) is 0 Å². The van der Waals surface area contributed by atoms with Gasteiger partial charge in [-0.1, -0.05) is 6.07 Å². The number of rotatable bonds is 2. The number of aliphatic imine (C=N–C) groups is 1. The van der Waals surface area contributed by atoms with Gasteiger partial charge in [-0.15, -0.1) is 0 Å². The van der Waals surface area contributed by atoms with Crippen molar-refractivity contribution in [3.63, 3.8) is 0 Å². The molecule has 23 heavy (non-hydrogen) atoms. The number of ketones is 1. The van der Waals surface area contributed by atoms with E-state index in [1.165, 1.54) is 13.2 Å². The number of carbonyl (C=O) groups excluding carboxylic acids is 1. The lowest BCUT2D eigenvalue weighted by molar-refractivity contribution is -0.116. The summed E-state index contributed by atoms with van der Waals surface area (Å²) < 4.78 is 5.17. The van der Waals surface area contributed by atoms with Crippen LogP contribution in [0.25, 0.3) is 0 Å². The Morgan fingerprint density at radius 1 is 1.39 bits per heavy atom. The molecular weight excluding hydrogens is 292 g/mol. The number of hydrogen-bond donors (Lipinski definition) is 1. The molecule has 3 rings (SSSR count). The molecule has 2 atom stereocenters. The first-order chi connectivity index (χ1) is 11.1. The summed E-state index contributed by atoms with van der Waals surface area (Å²) in [6.45, 7) is 1.83. The Bertz CT molecular complexity index is 771. The number of ether oxygens (including phenoxy) is 1. The number of phenols is 1. The SMILES string of the molecule is COc1cc([C@H]2C3=C(CCCC3=O)N=C(C)C2C#N)ccc1O. The van der Waals surface area contributed by atoms with Gasteiger partial charge in [0.1, 0.15) is 0 Å². The quantitative estimate of drug-likeness (QED) is 0.910. The lowest BCUT2D eigenvalue weighted by atomic mass is 9.72. The van der Waals surface area contributed by atoms with Crippen LogP contribution in [-0.4, -0.2) is 23.7 Å². The summed E-state index contributed by atoms with van der Waals surface area (Å²) in [6.07, 6.45) is 2.07.